The van der Waals surface area contributed by atoms with Crippen LogP contribution >= 0.6 is 11.8 Å². The summed E-state index contributed by atoms with van der Waals surface area (Å²) in [6.07, 6.45) is -0.436. The molecule has 19 heavy (non-hydrogen) atoms. The molecule has 0 heterocycles. The molecule has 0 unspecified atom stereocenters. The predicted molar refractivity (Wildman–Crippen MR) is 80.5 cm³/mol. The molecule has 0 aromatic heterocycles. The molecule has 0 aliphatic rings. The fourth-order valence-corrected chi connectivity index (χ4v) is 2.56. The fourth-order valence-electron chi connectivity index (χ4n) is 1.64. The highest BCUT2D eigenvalue weighted by Crippen LogP contribution is 2.14. The Bertz CT molecular complexity index is 459. The molecule has 3 heteroatoms. The molecular weight excluding hydrogens is 256 g/mol. The lowest BCUT2D eigenvalue weighted by atomic mass is 10.2. The van der Waals surface area contributed by atoms with Gasteiger partial charge < -0.3 is 9.84 Å². The molecule has 2 aromatic rings. The van der Waals surface area contributed by atoms with Gasteiger partial charge in [-0.2, -0.15) is 11.8 Å². The van der Waals surface area contributed by atoms with E-state index < -0.39 is 6.10 Å². The van der Waals surface area contributed by atoms with Crippen LogP contribution in [0.2, 0.25) is 0 Å². The largest absolute Gasteiger partial charge is 0.491 e. The number of hydrogen-bond donors (Lipinski definition) is 1. The van der Waals surface area contributed by atoms with Gasteiger partial charge in [-0.15, -0.1) is 0 Å². The Hall–Kier alpha value is -1.45. The first kappa shape index (κ1) is 14.0. The molecule has 0 radical (unpaired) electrons. The van der Waals surface area contributed by atoms with Gasteiger partial charge in [0, 0.05) is 11.5 Å². The van der Waals surface area contributed by atoms with Crippen molar-refractivity contribution in [2.24, 2.45) is 0 Å². The van der Waals surface area contributed by atoms with Crippen molar-refractivity contribution in [3.8, 4) is 5.75 Å². The molecule has 0 saturated heterocycles. The molecule has 0 fully saturated rings. The van der Waals surface area contributed by atoms with Crippen molar-refractivity contribution in [2.45, 2.75) is 11.9 Å². The topological polar surface area (TPSA) is 29.5 Å². The van der Waals surface area contributed by atoms with Gasteiger partial charge in [-0.1, -0.05) is 48.5 Å². The van der Waals surface area contributed by atoms with Crippen LogP contribution in [0.25, 0.3) is 0 Å². The minimum atomic E-state index is -0.436. The van der Waals surface area contributed by atoms with Crippen LogP contribution in [0.1, 0.15) is 5.56 Å². The van der Waals surface area contributed by atoms with E-state index in [4.69, 9.17) is 4.74 Å². The molecule has 0 amide bonds. The highest BCUT2D eigenvalue weighted by atomic mass is 32.2. The van der Waals surface area contributed by atoms with Gasteiger partial charge in [0.2, 0.25) is 0 Å². The van der Waals surface area contributed by atoms with Crippen LogP contribution in [0.5, 0.6) is 5.75 Å². The van der Waals surface area contributed by atoms with E-state index in [0.29, 0.717) is 12.4 Å². The SMILES string of the molecule is O[C@@H](COc1ccccc1)CSCc1ccccc1. The molecule has 0 aliphatic carbocycles. The van der Waals surface area contributed by atoms with E-state index in [9.17, 15) is 5.11 Å². The average Bonchev–Trinajstić information content (AvgIpc) is 2.47. The molecule has 2 rings (SSSR count). The highest BCUT2D eigenvalue weighted by molar-refractivity contribution is 7.98. The van der Waals surface area contributed by atoms with Crippen molar-refractivity contribution in [1.82, 2.24) is 0 Å². The summed E-state index contributed by atoms with van der Waals surface area (Å²) in [5.74, 6) is 2.40. The first-order valence-electron chi connectivity index (χ1n) is 6.32. The number of aliphatic hydroxyl groups excluding tert-OH is 1. The van der Waals surface area contributed by atoms with E-state index in [0.717, 1.165) is 11.5 Å². The number of ether oxygens (including phenoxy) is 1. The first-order valence-corrected chi connectivity index (χ1v) is 7.47. The van der Waals surface area contributed by atoms with Gasteiger partial charge >= 0.3 is 0 Å². The number of rotatable bonds is 7. The average molecular weight is 274 g/mol. The minimum absolute atomic E-state index is 0.339. The normalized spacial score (nSPS) is 12.1. The molecule has 0 aliphatic heterocycles. The Kier molecular flexibility index (Phi) is 5.79. The van der Waals surface area contributed by atoms with Crippen molar-refractivity contribution in [3.05, 3.63) is 66.2 Å². The summed E-state index contributed by atoms with van der Waals surface area (Å²) in [6.45, 7) is 0.339. The fraction of sp³-hybridized carbons (Fsp3) is 0.250. The zero-order valence-corrected chi connectivity index (χ0v) is 11.6. The van der Waals surface area contributed by atoms with E-state index in [1.165, 1.54) is 5.56 Å². The van der Waals surface area contributed by atoms with Gasteiger partial charge in [-0.3, -0.25) is 0 Å². The van der Waals surface area contributed by atoms with Crippen molar-refractivity contribution in [1.29, 1.82) is 0 Å². The van der Waals surface area contributed by atoms with Crippen LogP contribution in [0, 0.1) is 0 Å². The molecule has 1 N–H and O–H groups in total. The molecule has 0 bridgehead atoms. The molecule has 2 aromatic carbocycles. The van der Waals surface area contributed by atoms with Gasteiger partial charge in [-0.25, -0.2) is 0 Å². The van der Waals surface area contributed by atoms with E-state index in [-0.39, 0.29) is 0 Å². The van der Waals surface area contributed by atoms with Crippen LogP contribution in [0.4, 0.5) is 0 Å². The zero-order chi connectivity index (χ0) is 13.3. The Morgan fingerprint density at radius 3 is 2.26 bits per heavy atom. The number of thioether (sulfide) groups is 1. The number of hydrogen-bond acceptors (Lipinski definition) is 3. The lowest BCUT2D eigenvalue weighted by Crippen LogP contribution is -2.20. The maximum Gasteiger partial charge on any atom is 0.119 e. The lowest BCUT2D eigenvalue weighted by Gasteiger charge is -2.12. The smallest absolute Gasteiger partial charge is 0.119 e. The maximum absolute atomic E-state index is 9.84. The summed E-state index contributed by atoms with van der Waals surface area (Å²) in [6, 6.07) is 19.8. The van der Waals surface area contributed by atoms with Crippen LogP contribution < -0.4 is 4.74 Å². The minimum Gasteiger partial charge on any atom is -0.491 e. The van der Waals surface area contributed by atoms with Gasteiger partial charge in [-0.05, 0) is 17.7 Å². The Balaban J connectivity index is 1.64. The van der Waals surface area contributed by atoms with E-state index >= 15 is 0 Å². The van der Waals surface area contributed by atoms with Crippen molar-refractivity contribution >= 4 is 11.8 Å². The Morgan fingerprint density at radius 2 is 1.58 bits per heavy atom. The maximum atomic E-state index is 9.84. The van der Waals surface area contributed by atoms with E-state index in [1.54, 1.807) is 11.8 Å². The summed E-state index contributed by atoms with van der Waals surface area (Å²) in [4.78, 5) is 0. The zero-order valence-electron chi connectivity index (χ0n) is 10.7. The summed E-state index contributed by atoms with van der Waals surface area (Å²) < 4.78 is 5.51. The summed E-state index contributed by atoms with van der Waals surface area (Å²) in [7, 11) is 0. The Morgan fingerprint density at radius 1 is 0.947 bits per heavy atom. The summed E-state index contributed by atoms with van der Waals surface area (Å²) in [5.41, 5.74) is 1.28. The summed E-state index contributed by atoms with van der Waals surface area (Å²) in [5, 5.41) is 9.84. The second-order valence-corrected chi connectivity index (χ2v) is 5.31. The predicted octanol–water partition coefficient (Wildman–Crippen LogP) is 3.36. The third kappa shape index (κ3) is 5.37. The van der Waals surface area contributed by atoms with Gasteiger partial charge in [0.25, 0.3) is 0 Å². The molecule has 0 spiro atoms. The molecular formula is C16H18O2S. The van der Waals surface area contributed by atoms with Crippen LogP contribution in [-0.4, -0.2) is 23.6 Å². The quantitative estimate of drug-likeness (QED) is 0.839. The standard InChI is InChI=1S/C16H18O2S/c17-15(11-18-16-9-5-2-6-10-16)13-19-12-14-7-3-1-4-8-14/h1-10,15,17H,11-13H2/t15-/m0/s1. The lowest BCUT2D eigenvalue weighted by molar-refractivity contribution is 0.126. The molecule has 2 nitrogen and oxygen atoms in total. The van der Waals surface area contributed by atoms with E-state index in [1.807, 2.05) is 48.5 Å². The van der Waals surface area contributed by atoms with Crippen molar-refractivity contribution < 1.29 is 9.84 Å². The second-order valence-electron chi connectivity index (χ2n) is 4.28. The van der Waals surface area contributed by atoms with Crippen molar-refractivity contribution in [3.63, 3.8) is 0 Å². The Labute approximate surface area is 118 Å². The van der Waals surface area contributed by atoms with Gasteiger partial charge in [0.05, 0.1) is 6.10 Å². The van der Waals surface area contributed by atoms with Crippen LogP contribution in [-0.2, 0) is 5.75 Å². The number of benzene rings is 2. The highest BCUT2D eigenvalue weighted by Gasteiger charge is 2.05. The number of aliphatic hydroxyl groups is 1. The van der Waals surface area contributed by atoms with Gasteiger partial charge in [0.15, 0.2) is 0 Å². The monoisotopic (exact) mass is 274 g/mol. The third-order valence-electron chi connectivity index (χ3n) is 2.61. The van der Waals surface area contributed by atoms with Crippen LogP contribution in [0.15, 0.2) is 60.7 Å². The number of para-hydroxylation sites is 1. The second kappa shape index (κ2) is 7.87. The first-order chi connectivity index (χ1) is 9.34. The van der Waals surface area contributed by atoms with Crippen molar-refractivity contribution in [2.75, 3.05) is 12.4 Å². The molecule has 0 saturated carbocycles. The van der Waals surface area contributed by atoms with Crippen LogP contribution in [0.3, 0.4) is 0 Å². The molecule has 100 valence electrons. The third-order valence-corrected chi connectivity index (χ3v) is 3.77. The van der Waals surface area contributed by atoms with E-state index in [2.05, 4.69) is 12.1 Å². The van der Waals surface area contributed by atoms with Gasteiger partial charge in [0.1, 0.15) is 12.4 Å². The summed E-state index contributed by atoms with van der Waals surface area (Å²) >= 11 is 1.72. The molecule has 1 atom stereocenters.